The lowest BCUT2D eigenvalue weighted by Crippen LogP contribution is -2.00. The molecule has 0 amide bonds. The van der Waals surface area contributed by atoms with Crippen molar-refractivity contribution in [3.8, 4) is 5.75 Å². The third-order valence-corrected chi connectivity index (χ3v) is 2.24. The smallest absolute Gasteiger partial charge is 0.116 e. The minimum atomic E-state index is 0.326. The van der Waals surface area contributed by atoms with E-state index >= 15 is 0 Å². The molecule has 1 radical (unpaired) electrons. The number of hydrogen-bond acceptors (Lipinski definition) is 1. The van der Waals surface area contributed by atoms with Gasteiger partial charge in [-0.3, -0.25) is 0 Å². The summed E-state index contributed by atoms with van der Waals surface area (Å²) < 4.78 is 2.18. The summed E-state index contributed by atoms with van der Waals surface area (Å²) in [7, 11) is 0. The lowest BCUT2D eigenvalue weighted by molar-refractivity contribution is 0.476. The topological polar surface area (TPSA) is 25.2 Å². The SMILES string of the molecule is C[C](C)Cn1ccc2cc(O)ccc21. The summed E-state index contributed by atoms with van der Waals surface area (Å²) in [6.45, 7) is 5.17. The van der Waals surface area contributed by atoms with E-state index < -0.39 is 0 Å². The molecule has 0 bridgehead atoms. The Hall–Kier alpha value is -1.44. The molecule has 0 fully saturated rings. The highest BCUT2D eigenvalue weighted by molar-refractivity contribution is 5.81. The largest absolute Gasteiger partial charge is 0.508 e. The van der Waals surface area contributed by atoms with Crippen LogP contribution in [0.2, 0.25) is 0 Å². The fourth-order valence-electron chi connectivity index (χ4n) is 1.67. The molecule has 0 aliphatic carbocycles. The average molecular weight is 188 g/mol. The molecule has 0 aliphatic heterocycles. The van der Waals surface area contributed by atoms with Gasteiger partial charge >= 0.3 is 0 Å². The molecule has 0 atom stereocenters. The Morgan fingerprint density at radius 1 is 1.29 bits per heavy atom. The highest BCUT2D eigenvalue weighted by Crippen LogP contribution is 2.21. The van der Waals surface area contributed by atoms with Crippen LogP contribution in [0.3, 0.4) is 0 Å². The van der Waals surface area contributed by atoms with Gasteiger partial charge in [0.15, 0.2) is 0 Å². The zero-order valence-electron chi connectivity index (χ0n) is 8.49. The van der Waals surface area contributed by atoms with Crippen LogP contribution in [0, 0.1) is 5.92 Å². The van der Waals surface area contributed by atoms with E-state index in [0.29, 0.717) is 5.75 Å². The predicted octanol–water partition coefficient (Wildman–Crippen LogP) is 2.96. The number of nitrogens with zero attached hydrogens (tertiary/aromatic N) is 1. The quantitative estimate of drug-likeness (QED) is 0.770. The van der Waals surface area contributed by atoms with Crippen molar-refractivity contribution >= 4 is 10.9 Å². The van der Waals surface area contributed by atoms with Gasteiger partial charge in [0.1, 0.15) is 5.75 Å². The van der Waals surface area contributed by atoms with Gasteiger partial charge in [-0.2, -0.15) is 0 Å². The zero-order chi connectivity index (χ0) is 10.1. The van der Waals surface area contributed by atoms with Crippen LogP contribution in [0.25, 0.3) is 10.9 Å². The maximum atomic E-state index is 9.31. The second-order valence-electron chi connectivity index (χ2n) is 3.89. The van der Waals surface area contributed by atoms with Crippen LogP contribution in [0.1, 0.15) is 13.8 Å². The van der Waals surface area contributed by atoms with Crippen LogP contribution in [0.4, 0.5) is 0 Å². The third kappa shape index (κ3) is 1.60. The van der Waals surface area contributed by atoms with E-state index in [9.17, 15) is 5.11 Å². The van der Waals surface area contributed by atoms with Crippen molar-refractivity contribution in [2.75, 3.05) is 0 Å². The van der Waals surface area contributed by atoms with Gasteiger partial charge in [0.2, 0.25) is 0 Å². The minimum absolute atomic E-state index is 0.326. The molecule has 2 rings (SSSR count). The van der Waals surface area contributed by atoms with E-state index in [2.05, 4.69) is 24.6 Å². The van der Waals surface area contributed by atoms with Crippen molar-refractivity contribution in [1.29, 1.82) is 0 Å². The summed E-state index contributed by atoms with van der Waals surface area (Å²) in [5.74, 6) is 1.70. The Labute approximate surface area is 83.8 Å². The van der Waals surface area contributed by atoms with Gasteiger partial charge in [-0.25, -0.2) is 0 Å². The molecule has 2 heteroatoms. The first kappa shape index (κ1) is 9.13. The van der Waals surface area contributed by atoms with Crippen LogP contribution < -0.4 is 0 Å². The third-order valence-electron chi connectivity index (χ3n) is 2.24. The summed E-state index contributed by atoms with van der Waals surface area (Å²) in [5, 5.41) is 10.4. The van der Waals surface area contributed by atoms with Crippen molar-refractivity contribution in [2.45, 2.75) is 20.4 Å². The number of benzene rings is 1. The number of hydrogen-bond donors (Lipinski definition) is 1. The first-order chi connectivity index (χ1) is 6.66. The summed E-state index contributed by atoms with van der Waals surface area (Å²) in [6.07, 6.45) is 2.05. The molecule has 1 heterocycles. The average Bonchev–Trinajstić information content (AvgIpc) is 2.47. The molecular weight excluding hydrogens is 174 g/mol. The van der Waals surface area contributed by atoms with Crippen LogP contribution >= 0.6 is 0 Å². The Bertz CT molecular complexity index is 443. The summed E-state index contributed by atoms with van der Waals surface area (Å²) >= 11 is 0. The number of phenolic OH excluding ortho intramolecular Hbond substituents is 1. The van der Waals surface area contributed by atoms with E-state index in [4.69, 9.17) is 0 Å². The molecule has 14 heavy (non-hydrogen) atoms. The van der Waals surface area contributed by atoms with Crippen LogP contribution in [-0.2, 0) is 6.54 Å². The molecule has 1 N–H and O–H groups in total. The van der Waals surface area contributed by atoms with Crippen LogP contribution in [0.15, 0.2) is 30.5 Å². The highest BCUT2D eigenvalue weighted by Gasteiger charge is 2.03. The Kier molecular flexibility index (Phi) is 2.20. The molecule has 2 nitrogen and oxygen atoms in total. The van der Waals surface area contributed by atoms with E-state index in [1.807, 2.05) is 12.1 Å². The highest BCUT2D eigenvalue weighted by atomic mass is 16.3. The lowest BCUT2D eigenvalue weighted by atomic mass is 10.2. The fourth-order valence-corrected chi connectivity index (χ4v) is 1.67. The molecule has 0 unspecified atom stereocenters. The number of aromatic nitrogens is 1. The summed E-state index contributed by atoms with van der Waals surface area (Å²) in [4.78, 5) is 0. The first-order valence-corrected chi connectivity index (χ1v) is 4.74. The molecule has 0 saturated carbocycles. The van der Waals surface area contributed by atoms with Crippen LogP contribution in [-0.4, -0.2) is 9.67 Å². The monoisotopic (exact) mass is 188 g/mol. The molecule has 0 saturated heterocycles. The Morgan fingerprint density at radius 3 is 2.79 bits per heavy atom. The number of fused-ring (bicyclic) bond motifs is 1. The second-order valence-corrected chi connectivity index (χ2v) is 3.89. The number of phenols is 1. The maximum absolute atomic E-state index is 9.31. The fraction of sp³-hybridized carbons (Fsp3) is 0.250. The molecular formula is C12H14NO. The minimum Gasteiger partial charge on any atom is -0.508 e. The summed E-state index contributed by atoms with van der Waals surface area (Å²) in [6, 6.07) is 7.49. The van der Waals surface area contributed by atoms with E-state index in [1.54, 1.807) is 12.1 Å². The van der Waals surface area contributed by atoms with Gasteiger partial charge in [-0.1, -0.05) is 13.8 Å². The van der Waals surface area contributed by atoms with Gasteiger partial charge in [-0.15, -0.1) is 0 Å². The lowest BCUT2D eigenvalue weighted by Gasteiger charge is -2.07. The van der Waals surface area contributed by atoms with Crippen molar-refractivity contribution < 1.29 is 5.11 Å². The molecule has 73 valence electrons. The second kappa shape index (κ2) is 3.37. The van der Waals surface area contributed by atoms with Crippen molar-refractivity contribution in [3.05, 3.63) is 36.4 Å². The predicted molar refractivity (Wildman–Crippen MR) is 58.2 cm³/mol. The zero-order valence-corrected chi connectivity index (χ0v) is 8.49. The van der Waals surface area contributed by atoms with Crippen molar-refractivity contribution in [3.63, 3.8) is 0 Å². The van der Waals surface area contributed by atoms with Crippen molar-refractivity contribution in [1.82, 2.24) is 4.57 Å². The maximum Gasteiger partial charge on any atom is 0.116 e. The molecule has 0 spiro atoms. The molecule has 1 aromatic heterocycles. The Morgan fingerprint density at radius 2 is 2.07 bits per heavy atom. The Balaban J connectivity index is 2.47. The number of aromatic hydroxyl groups is 1. The summed E-state index contributed by atoms with van der Waals surface area (Å²) in [5.41, 5.74) is 1.17. The normalized spacial score (nSPS) is 11.4. The van der Waals surface area contributed by atoms with Crippen molar-refractivity contribution in [2.24, 2.45) is 0 Å². The van der Waals surface area contributed by atoms with Gasteiger partial charge in [-0.05, 0) is 30.2 Å². The molecule has 2 aromatic rings. The van der Waals surface area contributed by atoms with Gasteiger partial charge in [0, 0.05) is 23.6 Å². The molecule has 0 aliphatic rings. The van der Waals surface area contributed by atoms with Gasteiger partial charge in [0.25, 0.3) is 0 Å². The standard InChI is InChI=1S/C12H14NO/c1-9(2)8-13-6-5-10-7-11(14)3-4-12(10)13/h3-7,14H,8H2,1-2H3. The van der Waals surface area contributed by atoms with E-state index in [1.165, 1.54) is 11.4 Å². The van der Waals surface area contributed by atoms with Crippen LogP contribution in [0.5, 0.6) is 5.75 Å². The number of rotatable bonds is 2. The first-order valence-electron chi connectivity index (χ1n) is 4.74. The van der Waals surface area contributed by atoms with Gasteiger partial charge in [0.05, 0.1) is 0 Å². The van der Waals surface area contributed by atoms with Gasteiger partial charge < -0.3 is 9.67 Å². The van der Waals surface area contributed by atoms with E-state index in [0.717, 1.165) is 11.9 Å². The van der Waals surface area contributed by atoms with E-state index in [-0.39, 0.29) is 0 Å². The molecule has 1 aromatic carbocycles.